The molecule has 0 radical (unpaired) electrons. The second kappa shape index (κ2) is 7.35. The molecule has 3 amide bonds. The van der Waals surface area contributed by atoms with E-state index in [4.69, 9.17) is 4.74 Å². The van der Waals surface area contributed by atoms with E-state index in [-0.39, 0.29) is 5.70 Å². The molecule has 3 rings (SSSR count). The number of hydrogen-bond acceptors (Lipinski definition) is 3. The Balaban J connectivity index is 1.83. The van der Waals surface area contributed by atoms with Gasteiger partial charge in [0.15, 0.2) is 0 Å². The third-order valence-corrected chi connectivity index (χ3v) is 4.51. The van der Waals surface area contributed by atoms with Crippen LogP contribution in [0.3, 0.4) is 0 Å². The summed E-state index contributed by atoms with van der Waals surface area (Å²) in [4.78, 5) is 22.9. The van der Waals surface area contributed by atoms with Gasteiger partial charge in [-0.15, -0.1) is 0 Å². The van der Waals surface area contributed by atoms with E-state index < -0.39 is 11.9 Å². The van der Waals surface area contributed by atoms with Crippen LogP contribution in [0.15, 0.2) is 52.6 Å². The molecular weight excluding hydrogens is 487 g/mol. The monoisotopic (exact) mass is 498 g/mol. The molecule has 7 heteroatoms. The second-order valence-corrected chi connectivity index (χ2v) is 7.22. The van der Waals surface area contributed by atoms with E-state index in [1.807, 2.05) is 42.5 Å². The summed E-state index contributed by atoms with van der Waals surface area (Å²) in [5.74, 6) is 0.168. The van der Waals surface area contributed by atoms with Gasteiger partial charge >= 0.3 is 6.03 Å². The number of benzene rings is 2. The second-order valence-electron chi connectivity index (χ2n) is 5.06. The first-order valence-electron chi connectivity index (χ1n) is 7.02. The van der Waals surface area contributed by atoms with Crippen LogP contribution in [0.2, 0.25) is 0 Å². The van der Waals surface area contributed by atoms with Crippen molar-refractivity contribution in [2.45, 2.75) is 6.61 Å². The molecule has 1 aliphatic rings. The Hall–Kier alpha value is -1.87. The van der Waals surface area contributed by atoms with Gasteiger partial charge in [0, 0.05) is 13.6 Å². The highest BCUT2D eigenvalue weighted by molar-refractivity contribution is 14.1. The summed E-state index contributed by atoms with van der Waals surface area (Å²) >= 11 is 5.65. The van der Waals surface area contributed by atoms with Crippen molar-refractivity contribution in [1.82, 2.24) is 10.6 Å². The molecule has 0 aromatic heterocycles. The normalized spacial score (nSPS) is 15.3. The lowest BCUT2D eigenvalue weighted by Crippen LogP contribution is -2.22. The van der Waals surface area contributed by atoms with E-state index in [2.05, 4.69) is 49.2 Å². The van der Waals surface area contributed by atoms with Crippen molar-refractivity contribution < 1.29 is 14.3 Å². The molecule has 5 nitrogen and oxygen atoms in total. The van der Waals surface area contributed by atoms with E-state index in [1.54, 1.807) is 6.08 Å². The van der Waals surface area contributed by atoms with Gasteiger partial charge in [-0.05, 0) is 64.6 Å². The minimum atomic E-state index is -0.525. The molecule has 1 heterocycles. The van der Waals surface area contributed by atoms with E-state index in [9.17, 15) is 9.59 Å². The summed E-state index contributed by atoms with van der Waals surface area (Å²) in [7, 11) is 0. The van der Waals surface area contributed by atoms with Gasteiger partial charge in [-0.3, -0.25) is 10.1 Å². The summed E-state index contributed by atoms with van der Waals surface area (Å²) in [5, 5.41) is 4.64. The third-order valence-electron chi connectivity index (χ3n) is 3.30. The van der Waals surface area contributed by atoms with E-state index >= 15 is 0 Å². The summed E-state index contributed by atoms with van der Waals surface area (Å²) < 4.78 is 7.89. The zero-order valence-corrected chi connectivity index (χ0v) is 16.1. The maximum absolute atomic E-state index is 11.7. The Kier molecular flexibility index (Phi) is 5.20. The minimum Gasteiger partial charge on any atom is -0.488 e. The highest BCUT2D eigenvalue weighted by atomic mass is 127. The molecule has 0 unspecified atom stereocenters. The smallest absolute Gasteiger partial charge is 0.326 e. The number of hydrogen-bond donors (Lipinski definition) is 2. The van der Waals surface area contributed by atoms with Crippen LogP contribution in [0.25, 0.3) is 6.08 Å². The fraction of sp³-hybridized carbons (Fsp3) is 0.0588. The Morgan fingerprint density at radius 1 is 1.08 bits per heavy atom. The van der Waals surface area contributed by atoms with Crippen LogP contribution in [-0.4, -0.2) is 11.9 Å². The summed E-state index contributed by atoms with van der Waals surface area (Å²) in [6, 6.07) is 13.0. The van der Waals surface area contributed by atoms with Crippen molar-refractivity contribution in [3.05, 3.63) is 67.3 Å². The predicted octanol–water partition coefficient (Wildman–Crippen LogP) is 3.81. The van der Waals surface area contributed by atoms with E-state index in [0.717, 1.165) is 13.6 Å². The average Bonchev–Trinajstić information content (AvgIpc) is 2.86. The number of halogens is 2. The fourth-order valence-electron chi connectivity index (χ4n) is 2.14. The lowest BCUT2D eigenvalue weighted by atomic mass is 10.1. The number of carbonyl (C=O) groups is 2. The molecule has 1 fully saturated rings. The fourth-order valence-corrected chi connectivity index (χ4v) is 2.88. The molecule has 0 aliphatic carbocycles. The number of nitrogens with one attached hydrogen (secondary N) is 2. The molecule has 1 saturated heterocycles. The molecule has 0 saturated carbocycles. The van der Waals surface area contributed by atoms with E-state index in [1.165, 1.54) is 0 Å². The van der Waals surface area contributed by atoms with Gasteiger partial charge in [0.1, 0.15) is 18.1 Å². The number of ether oxygens (including phenoxy) is 1. The van der Waals surface area contributed by atoms with Crippen LogP contribution in [0, 0.1) is 3.57 Å². The number of imide groups is 1. The number of rotatable bonds is 4. The summed E-state index contributed by atoms with van der Waals surface area (Å²) in [6.07, 6.45) is 1.59. The molecule has 2 aromatic rings. The van der Waals surface area contributed by atoms with Gasteiger partial charge in [0.2, 0.25) is 0 Å². The highest BCUT2D eigenvalue weighted by Gasteiger charge is 2.23. The van der Waals surface area contributed by atoms with Gasteiger partial charge in [-0.2, -0.15) is 0 Å². The number of carbonyl (C=O) groups excluding carboxylic acids is 2. The molecular formula is C17H12BrIN2O3. The molecule has 24 heavy (non-hydrogen) atoms. The van der Waals surface area contributed by atoms with Crippen LogP contribution in [0.5, 0.6) is 5.75 Å². The van der Waals surface area contributed by atoms with Crippen LogP contribution in [0.4, 0.5) is 4.79 Å². The Morgan fingerprint density at radius 2 is 1.83 bits per heavy atom. The lowest BCUT2D eigenvalue weighted by molar-refractivity contribution is -0.115. The summed E-state index contributed by atoms with van der Waals surface area (Å²) in [5.41, 5.74) is 1.93. The number of amides is 3. The Labute approximate surface area is 160 Å². The van der Waals surface area contributed by atoms with Crippen molar-refractivity contribution in [3.63, 3.8) is 0 Å². The zero-order valence-electron chi connectivity index (χ0n) is 12.3. The molecule has 0 bridgehead atoms. The van der Waals surface area contributed by atoms with Crippen LogP contribution >= 0.6 is 38.5 Å². The van der Waals surface area contributed by atoms with E-state index in [0.29, 0.717) is 17.9 Å². The maximum Gasteiger partial charge on any atom is 0.326 e. The highest BCUT2D eigenvalue weighted by Crippen LogP contribution is 2.26. The first kappa shape index (κ1) is 17.0. The minimum absolute atomic E-state index is 0.192. The van der Waals surface area contributed by atoms with Crippen LogP contribution in [0.1, 0.15) is 11.1 Å². The van der Waals surface area contributed by atoms with Crippen molar-refractivity contribution in [2.75, 3.05) is 0 Å². The van der Waals surface area contributed by atoms with Crippen molar-refractivity contribution >= 4 is 56.5 Å². The largest absolute Gasteiger partial charge is 0.488 e. The number of urea groups is 1. The Morgan fingerprint density at radius 3 is 2.50 bits per heavy atom. The van der Waals surface area contributed by atoms with Crippen molar-refractivity contribution in [1.29, 1.82) is 0 Å². The lowest BCUT2D eigenvalue weighted by Gasteiger charge is -2.10. The van der Waals surface area contributed by atoms with Gasteiger partial charge in [-0.25, -0.2) is 4.79 Å². The quantitative estimate of drug-likeness (QED) is 0.382. The standard InChI is InChI=1S/C17H12BrIN2O3/c18-12-3-6-15(24-9-10-1-4-13(19)5-2-10)11(7-12)8-14-16(22)21-17(23)20-14/h1-8H,9H2,(H2,20,21,22,23)/b14-8+. The van der Waals surface area contributed by atoms with Gasteiger partial charge in [-0.1, -0.05) is 28.1 Å². The van der Waals surface area contributed by atoms with Gasteiger partial charge < -0.3 is 10.1 Å². The predicted molar refractivity (Wildman–Crippen MR) is 102 cm³/mol. The summed E-state index contributed by atoms with van der Waals surface area (Å²) in [6.45, 7) is 0.410. The first-order valence-corrected chi connectivity index (χ1v) is 8.89. The van der Waals surface area contributed by atoms with Crippen LogP contribution in [-0.2, 0) is 11.4 Å². The van der Waals surface area contributed by atoms with Gasteiger partial charge in [0.05, 0.1) is 0 Å². The molecule has 0 atom stereocenters. The Bertz CT molecular complexity index is 834. The maximum atomic E-state index is 11.7. The molecule has 1 aliphatic heterocycles. The van der Waals surface area contributed by atoms with Crippen molar-refractivity contribution in [3.8, 4) is 5.75 Å². The zero-order chi connectivity index (χ0) is 17.1. The molecule has 2 aromatic carbocycles. The third kappa shape index (κ3) is 4.15. The first-order chi connectivity index (χ1) is 11.5. The van der Waals surface area contributed by atoms with Crippen LogP contribution < -0.4 is 15.4 Å². The van der Waals surface area contributed by atoms with Gasteiger partial charge in [0.25, 0.3) is 5.91 Å². The SMILES string of the molecule is O=C1NC(=O)/C(=C\c2cc(Br)ccc2OCc2ccc(I)cc2)N1. The average molecular weight is 499 g/mol. The molecule has 122 valence electrons. The molecule has 0 spiro atoms. The topological polar surface area (TPSA) is 67.4 Å². The molecule has 2 N–H and O–H groups in total. The van der Waals surface area contributed by atoms with Crippen molar-refractivity contribution in [2.24, 2.45) is 0 Å².